The summed E-state index contributed by atoms with van der Waals surface area (Å²) in [5.74, 6) is 0. The van der Waals surface area contributed by atoms with Crippen LogP contribution in [-0.4, -0.2) is 36.6 Å². The molecule has 1 saturated carbocycles. The van der Waals surface area contributed by atoms with E-state index in [4.69, 9.17) is 5.11 Å². The van der Waals surface area contributed by atoms with Gasteiger partial charge in [0.05, 0.1) is 11.5 Å². The Balaban J connectivity index is 2.35. The smallest absolute Gasteiger partial charge is 0.391 e. The van der Waals surface area contributed by atoms with Crippen LogP contribution in [0, 0.1) is 0 Å². The van der Waals surface area contributed by atoms with Crippen molar-refractivity contribution >= 4 is 21.4 Å². The first-order valence-corrected chi connectivity index (χ1v) is 7.83. The lowest BCUT2D eigenvalue weighted by Gasteiger charge is -2.23. The highest BCUT2D eigenvalue weighted by atomic mass is 32.2. The summed E-state index contributed by atoms with van der Waals surface area (Å²) >= 11 is 1.01. The minimum Gasteiger partial charge on any atom is -0.391 e. The van der Waals surface area contributed by atoms with Crippen LogP contribution in [0.5, 0.6) is 0 Å². The number of hydrogen-bond acceptors (Lipinski definition) is 4. The SMILES string of the molecule is O=S(=O)(c1ccsc1CO)N(CC(F)(F)F)C1CC1. The monoisotopic (exact) mass is 315 g/mol. The van der Waals surface area contributed by atoms with E-state index < -0.39 is 35.4 Å². The zero-order chi connectivity index (χ0) is 14.3. The summed E-state index contributed by atoms with van der Waals surface area (Å²) in [5, 5.41) is 10.5. The summed E-state index contributed by atoms with van der Waals surface area (Å²) < 4.78 is 62.5. The maximum absolute atomic E-state index is 12.5. The van der Waals surface area contributed by atoms with E-state index in [-0.39, 0.29) is 9.77 Å². The van der Waals surface area contributed by atoms with Crippen LogP contribution in [0.4, 0.5) is 13.2 Å². The number of aliphatic hydroxyl groups excluding tert-OH is 1. The molecule has 1 aromatic heterocycles. The summed E-state index contributed by atoms with van der Waals surface area (Å²) in [6, 6.07) is 0.648. The molecule has 0 aromatic carbocycles. The number of alkyl halides is 3. The molecule has 0 amide bonds. The van der Waals surface area contributed by atoms with Gasteiger partial charge in [0.2, 0.25) is 10.0 Å². The molecule has 0 unspecified atom stereocenters. The predicted molar refractivity (Wildman–Crippen MR) is 63.2 cm³/mol. The van der Waals surface area contributed by atoms with Gasteiger partial charge in [0.15, 0.2) is 0 Å². The molecule has 1 aliphatic carbocycles. The van der Waals surface area contributed by atoms with Gasteiger partial charge >= 0.3 is 6.18 Å². The molecule has 1 aliphatic rings. The van der Waals surface area contributed by atoms with Crippen LogP contribution in [0.1, 0.15) is 17.7 Å². The molecule has 9 heteroatoms. The van der Waals surface area contributed by atoms with Gasteiger partial charge < -0.3 is 5.11 Å². The molecule has 1 aromatic rings. The normalized spacial score (nSPS) is 17.1. The standard InChI is InChI=1S/C10H12F3NO3S2/c11-10(12,13)6-14(7-1-2-7)19(16,17)9-3-4-18-8(9)5-15/h3-4,7,15H,1-2,5-6H2. The second kappa shape index (κ2) is 5.04. The third-order valence-electron chi connectivity index (χ3n) is 2.72. The van der Waals surface area contributed by atoms with Crippen LogP contribution < -0.4 is 0 Å². The first kappa shape index (κ1) is 14.8. The number of hydrogen-bond donors (Lipinski definition) is 1. The Morgan fingerprint density at radius 3 is 2.53 bits per heavy atom. The lowest BCUT2D eigenvalue weighted by atomic mass is 10.5. The molecule has 0 saturated heterocycles. The Kier molecular flexibility index (Phi) is 3.92. The van der Waals surface area contributed by atoms with Crippen LogP contribution in [0.25, 0.3) is 0 Å². The highest BCUT2D eigenvalue weighted by Gasteiger charge is 2.45. The second-order valence-corrected chi connectivity index (χ2v) is 7.12. The molecule has 0 atom stereocenters. The Bertz CT molecular complexity index is 549. The van der Waals surface area contributed by atoms with E-state index >= 15 is 0 Å². The molecular weight excluding hydrogens is 303 g/mol. The van der Waals surface area contributed by atoms with Crippen LogP contribution in [0.2, 0.25) is 0 Å². The van der Waals surface area contributed by atoms with Gasteiger partial charge in [0.25, 0.3) is 0 Å². The molecule has 1 heterocycles. The van der Waals surface area contributed by atoms with Gasteiger partial charge in [-0.05, 0) is 24.3 Å². The van der Waals surface area contributed by atoms with Crippen LogP contribution >= 0.6 is 11.3 Å². The lowest BCUT2D eigenvalue weighted by Crippen LogP contribution is -2.40. The fourth-order valence-corrected chi connectivity index (χ4v) is 4.69. The van der Waals surface area contributed by atoms with Crippen molar-refractivity contribution in [3.63, 3.8) is 0 Å². The summed E-state index contributed by atoms with van der Waals surface area (Å²) in [6.07, 6.45) is -3.70. The van der Waals surface area contributed by atoms with Gasteiger partial charge in [-0.1, -0.05) is 0 Å². The van der Waals surface area contributed by atoms with Crippen molar-refractivity contribution in [2.45, 2.75) is 36.6 Å². The predicted octanol–water partition coefficient (Wildman–Crippen LogP) is 1.96. The molecule has 0 radical (unpaired) electrons. The van der Waals surface area contributed by atoms with Crippen molar-refractivity contribution in [2.24, 2.45) is 0 Å². The molecule has 1 fully saturated rings. The Labute approximate surface area is 112 Å². The Morgan fingerprint density at radius 2 is 2.05 bits per heavy atom. The molecular formula is C10H12F3NO3S2. The van der Waals surface area contributed by atoms with E-state index in [1.54, 1.807) is 0 Å². The fourth-order valence-electron chi connectivity index (χ4n) is 1.75. The van der Waals surface area contributed by atoms with Crippen molar-refractivity contribution in [1.82, 2.24) is 4.31 Å². The van der Waals surface area contributed by atoms with Crippen molar-refractivity contribution in [1.29, 1.82) is 0 Å². The largest absolute Gasteiger partial charge is 0.402 e. The van der Waals surface area contributed by atoms with E-state index in [0.29, 0.717) is 17.1 Å². The van der Waals surface area contributed by atoms with Crippen LogP contribution in [-0.2, 0) is 16.6 Å². The number of halogens is 3. The summed E-state index contributed by atoms with van der Waals surface area (Å²) in [4.78, 5) is -0.0658. The molecule has 0 bridgehead atoms. The molecule has 2 rings (SSSR count). The average Bonchev–Trinajstić information content (AvgIpc) is 3.00. The van der Waals surface area contributed by atoms with Crippen molar-refractivity contribution in [3.8, 4) is 0 Å². The van der Waals surface area contributed by atoms with Crippen molar-refractivity contribution in [3.05, 3.63) is 16.3 Å². The van der Waals surface area contributed by atoms with Gasteiger partial charge in [-0.3, -0.25) is 0 Å². The van der Waals surface area contributed by atoms with Crippen LogP contribution in [0.15, 0.2) is 16.3 Å². The minimum absolute atomic E-state index is 0.160. The van der Waals surface area contributed by atoms with E-state index in [1.807, 2.05) is 0 Å². The fraction of sp³-hybridized carbons (Fsp3) is 0.600. The van der Waals surface area contributed by atoms with Gasteiger partial charge in [0.1, 0.15) is 6.54 Å². The number of aliphatic hydroxyl groups is 1. The molecule has 108 valence electrons. The molecule has 0 aliphatic heterocycles. The average molecular weight is 315 g/mol. The Hall–Kier alpha value is -0.640. The summed E-state index contributed by atoms with van der Waals surface area (Å²) in [7, 11) is -4.21. The third kappa shape index (κ3) is 3.28. The van der Waals surface area contributed by atoms with Crippen LogP contribution in [0.3, 0.4) is 0 Å². The van der Waals surface area contributed by atoms with E-state index in [1.165, 1.54) is 11.4 Å². The van der Waals surface area contributed by atoms with Gasteiger partial charge in [0, 0.05) is 10.9 Å². The Morgan fingerprint density at radius 1 is 1.42 bits per heavy atom. The topological polar surface area (TPSA) is 57.6 Å². The maximum Gasteiger partial charge on any atom is 0.402 e. The lowest BCUT2D eigenvalue weighted by molar-refractivity contribution is -0.137. The van der Waals surface area contributed by atoms with Crippen molar-refractivity contribution in [2.75, 3.05) is 6.54 Å². The molecule has 4 nitrogen and oxygen atoms in total. The highest BCUT2D eigenvalue weighted by molar-refractivity contribution is 7.89. The quantitative estimate of drug-likeness (QED) is 0.903. The summed E-state index contributed by atoms with van der Waals surface area (Å²) in [6.45, 7) is -1.99. The number of rotatable bonds is 5. The number of sulfonamides is 1. The molecule has 0 spiro atoms. The molecule has 1 N–H and O–H groups in total. The van der Waals surface area contributed by atoms with E-state index in [0.717, 1.165) is 11.3 Å². The zero-order valence-electron chi connectivity index (χ0n) is 9.72. The first-order valence-electron chi connectivity index (χ1n) is 5.51. The number of nitrogens with zero attached hydrogens (tertiary/aromatic N) is 1. The number of thiophene rings is 1. The van der Waals surface area contributed by atoms with Gasteiger partial charge in [-0.25, -0.2) is 8.42 Å². The van der Waals surface area contributed by atoms with E-state index in [9.17, 15) is 21.6 Å². The minimum atomic E-state index is -4.58. The highest BCUT2D eigenvalue weighted by Crippen LogP contribution is 2.36. The van der Waals surface area contributed by atoms with E-state index in [2.05, 4.69) is 0 Å². The van der Waals surface area contributed by atoms with Gasteiger partial charge in [-0.15, -0.1) is 11.3 Å². The zero-order valence-corrected chi connectivity index (χ0v) is 11.4. The van der Waals surface area contributed by atoms with Gasteiger partial charge in [-0.2, -0.15) is 17.5 Å². The second-order valence-electron chi connectivity index (χ2n) is 4.26. The first-order chi connectivity index (χ1) is 8.75. The maximum atomic E-state index is 12.5. The van der Waals surface area contributed by atoms with Crippen molar-refractivity contribution < 1.29 is 26.7 Å². The summed E-state index contributed by atoms with van der Waals surface area (Å²) in [5.41, 5.74) is 0. The molecule has 19 heavy (non-hydrogen) atoms. The third-order valence-corrected chi connectivity index (χ3v) is 5.74.